The zero-order valence-corrected chi connectivity index (χ0v) is 10.0. The van der Waals surface area contributed by atoms with Gasteiger partial charge in [-0.05, 0) is 24.1 Å². The van der Waals surface area contributed by atoms with E-state index in [1.807, 2.05) is 32.9 Å². The fraction of sp³-hybridized carbons (Fsp3) is 0.455. The number of hydrogen-bond donors (Lipinski definition) is 1. The van der Waals surface area contributed by atoms with Crippen molar-refractivity contribution in [1.82, 2.24) is 0 Å². The zero-order chi connectivity index (χ0) is 11.7. The molecule has 0 aromatic rings. The van der Waals surface area contributed by atoms with E-state index in [0.29, 0.717) is 0 Å². The standard InChI is InChI=1S/C11H17NO2S/c1-10(2)6-7-11(3,12)5-4-9(8-10)15(13)14/h4-8H,12H2,1-3H3,(H,13,14)/p-1. The van der Waals surface area contributed by atoms with Crippen molar-refractivity contribution in [3.8, 4) is 0 Å². The molecule has 1 aliphatic rings. The van der Waals surface area contributed by atoms with Crippen molar-refractivity contribution in [3.05, 3.63) is 35.3 Å². The lowest BCUT2D eigenvalue weighted by atomic mass is 9.87. The molecular weight excluding hydrogens is 210 g/mol. The highest BCUT2D eigenvalue weighted by Gasteiger charge is 2.18. The number of rotatable bonds is 1. The van der Waals surface area contributed by atoms with Gasteiger partial charge in [-0.2, -0.15) is 0 Å². The van der Waals surface area contributed by atoms with Crippen molar-refractivity contribution >= 4 is 11.1 Å². The number of allylic oxidation sites excluding steroid dienone is 3. The smallest absolute Gasteiger partial charge is 0.0500 e. The van der Waals surface area contributed by atoms with Gasteiger partial charge in [-0.25, -0.2) is 0 Å². The summed E-state index contributed by atoms with van der Waals surface area (Å²) in [4.78, 5) is 0.279. The summed E-state index contributed by atoms with van der Waals surface area (Å²) in [5.74, 6) is 0. The van der Waals surface area contributed by atoms with Crippen molar-refractivity contribution in [2.45, 2.75) is 26.3 Å². The second-order valence-corrected chi connectivity index (χ2v) is 5.58. The third-order valence-electron chi connectivity index (χ3n) is 2.19. The third-order valence-corrected chi connectivity index (χ3v) is 2.82. The van der Waals surface area contributed by atoms with Crippen LogP contribution >= 0.6 is 0 Å². The van der Waals surface area contributed by atoms with E-state index in [2.05, 4.69) is 0 Å². The minimum Gasteiger partial charge on any atom is -0.768 e. The Labute approximate surface area is 93.0 Å². The largest absolute Gasteiger partial charge is 0.768 e. The van der Waals surface area contributed by atoms with Gasteiger partial charge in [-0.15, -0.1) is 0 Å². The van der Waals surface area contributed by atoms with Crippen LogP contribution in [0.5, 0.6) is 0 Å². The Bertz CT molecular complexity index is 365. The zero-order valence-electron chi connectivity index (χ0n) is 9.19. The summed E-state index contributed by atoms with van der Waals surface area (Å²) in [5, 5.41) is 0. The molecule has 0 aromatic carbocycles. The van der Waals surface area contributed by atoms with Gasteiger partial charge < -0.3 is 10.3 Å². The summed E-state index contributed by atoms with van der Waals surface area (Å²) >= 11 is -2.22. The Balaban J connectivity index is 3.22. The average Bonchev–Trinajstić information content (AvgIpc) is 2.07. The Morgan fingerprint density at radius 1 is 1.27 bits per heavy atom. The van der Waals surface area contributed by atoms with Gasteiger partial charge in [0, 0.05) is 15.9 Å². The Morgan fingerprint density at radius 2 is 1.87 bits per heavy atom. The maximum atomic E-state index is 10.9. The SMILES string of the molecule is CC1(C)C=CC(C)(N)C=CC(S(=O)[O-])=C1. The normalized spacial score (nSPS) is 31.7. The van der Waals surface area contributed by atoms with Crippen LogP contribution in [0.3, 0.4) is 0 Å². The van der Waals surface area contributed by atoms with Gasteiger partial charge in [0.25, 0.3) is 0 Å². The first-order valence-electron chi connectivity index (χ1n) is 4.72. The first kappa shape index (κ1) is 12.4. The topological polar surface area (TPSA) is 66.2 Å². The summed E-state index contributed by atoms with van der Waals surface area (Å²) in [7, 11) is 0. The molecule has 1 rings (SSSR count). The molecule has 0 bridgehead atoms. The minimum atomic E-state index is -2.22. The summed E-state index contributed by atoms with van der Waals surface area (Å²) < 4.78 is 21.9. The number of hydrogen-bond acceptors (Lipinski definition) is 3. The van der Waals surface area contributed by atoms with Crippen LogP contribution < -0.4 is 5.73 Å². The van der Waals surface area contributed by atoms with Crippen LogP contribution in [0, 0.1) is 5.41 Å². The number of nitrogens with two attached hydrogens (primary N) is 1. The van der Waals surface area contributed by atoms with Crippen molar-refractivity contribution in [2.75, 3.05) is 0 Å². The van der Waals surface area contributed by atoms with Crippen molar-refractivity contribution in [1.29, 1.82) is 0 Å². The molecule has 0 saturated heterocycles. The van der Waals surface area contributed by atoms with E-state index in [1.165, 1.54) is 0 Å². The molecule has 2 atom stereocenters. The second kappa shape index (κ2) is 4.04. The Morgan fingerprint density at radius 3 is 2.40 bits per heavy atom. The lowest BCUT2D eigenvalue weighted by Crippen LogP contribution is -2.32. The maximum Gasteiger partial charge on any atom is 0.0500 e. The van der Waals surface area contributed by atoms with Crippen LogP contribution in [-0.2, 0) is 11.1 Å². The molecule has 2 N–H and O–H groups in total. The monoisotopic (exact) mass is 226 g/mol. The van der Waals surface area contributed by atoms with E-state index in [1.54, 1.807) is 18.2 Å². The fourth-order valence-electron chi connectivity index (χ4n) is 1.28. The molecule has 84 valence electrons. The summed E-state index contributed by atoms with van der Waals surface area (Å²) in [6.45, 7) is 5.70. The van der Waals surface area contributed by atoms with Crippen LogP contribution in [0.1, 0.15) is 20.8 Å². The van der Waals surface area contributed by atoms with Crippen molar-refractivity contribution in [3.63, 3.8) is 0 Å². The van der Waals surface area contributed by atoms with E-state index in [4.69, 9.17) is 5.73 Å². The fourth-order valence-corrected chi connectivity index (χ4v) is 1.86. The van der Waals surface area contributed by atoms with E-state index in [0.717, 1.165) is 0 Å². The molecule has 0 fully saturated rings. The van der Waals surface area contributed by atoms with E-state index < -0.39 is 16.6 Å². The van der Waals surface area contributed by atoms with Crippen LogP contribution in [-0.4, -0.2) is 14.3 Å². The third kappa shape index (κ3) is 3.74. The molecule has 4 heteroatoms. The average molecular weight is 226 g/mol. The first-order chi connectivity index (χ1) is 6.72. The van der Waals surface area contributed by atoms with Crippen LogP contribution in [0.15, 0.2) is 35.3 Å². The molecule has 2 unspecified atom stereocenters. The van der Waals surface area contributed by atoms with Gasteiger partial charge in [0.2, 0.25) is 0 Å². The predicted molar refractivity (Wildman–Crippen MR) is 61.7 cm³/mol. The van der Waals surface area contributed by atoms with Crippen molar-refractivity contribution < 1.29 is 8.76 Å². The highest BCUT2D eigenvalue weighted by atomic mass is 32.2. The molecular formula is C11H16NO2S-. The highest BCUT2D eigenvalue weighted by molar-refractivity contribution is 7.83. The molecule has 0 amide bonds. The lowest BCUT2D eigenvalue weighted by Gasteiger charge is -2.24. The van der Waals surface area contributed by atoms with E-state index in [-0.39, 0.29) is 10.3 Å². The van der Waals surface area contributed by atoms with Gasteiger partial charge >= 0.3 is 0 Å². The van der Waals surface area contributed by atoms with Gasteiger partial charge in [0.05, 0.1) is 0 Å². The summed E-state index contributed by atoms with van der Waals surface area (Å²) in [6.07, 6.45) is 8.74. The second-order valence-electron chi connectivity index (χ2n) is 4.64. The summed E-state index contributed by atoms with van der Waals surface area (Å²) in [5.41, 5.74) is 5.02. The Hall–Kier alpha value is -0.710. The first-order valence-corrected chi connectivity index (χ1v) is 5.80. The van der Waals surface area contributed by atoms with Gasteiger partial charge in [-0.1, -0.05) is 38.2 Å². The molecule has 1 aliphatic carbocycles. The molecule has 0 spiro atoms. The molecule has 0 aromatic heterocycles. The molecule has 0 aliphatic heterocycles. The van der Waals surface area contributed by atoms with Gasteiger partial charge in [-0.3, -0.25) is 4.21 Å². The molecule has 3 nitrogen and oxygen atoms in total. The molecule has 15 heavy (non-hydrogen) atoms. The molecule has 0 saturated carbocycles. The van der Waals surface area contributed by atoms with Crippen LogP contribution in [0.25, 0.3) is 0 Å². The van der Waals surface area contributed by atoms with Gasteiger partial charge in [0.15, 0.2) is 0 Å². The van der Waals surface area contributed by atoms with E-state index in [9.17, 15) is 8.76 Å². The van der Waals surface area contributed by atoms with E-state index >= 15 is 0 Å². The highest BCUT2D eigenvalue weighted by Crippen LogP contribution is 2.26. The lowest BCUT2D eigenvalue weighted by molar-refractivity contribution is 0.541. The quantitative estimate of drug-likeness (QED) is 0.545. The predicted octanol–water partition coefficient (Wildman–Crippen LogP) is 1.62. The maximum absolute atomic E-state index is 10.9. The van der Waals surface area contributed by atoms with Gasteiger partial charge in [0.1, 0.15) is 0 Å². The van der Waals surface area contributed by atoms with Crippen molar-refractivity contribution in [2.24, 2.45) is 11.1 Å². The molecule has 0 radical (unpaired) electrons. The van der Waals surface area contributed by atoms with Crippen LogP contribution in [0.2, 0.25) is 0 Å². The molecule has 0 heterocycles. The Kier molecular flexibility index (Phi) is 3.33. The van der Waals surface area contributed by atoms with Crippen LogP contribution in [0.4, 0.5) is 0 Å². The minimum absolute atomic E-state index is 0.279. The summed E-state index contributed by atoms with van der Waals surface area (Å²) in [6, 6.07) is 0.